The number of anilines is 1. The molecule has 0 bridgehead atoms. The predicted molar refractivity (Wildman–Crippen MR) is 149 cm³/mol. The maximum absolute atomic E-state index is 14.0. The largest absolute Gasteiger partial charge is 0.487 e. The van der Waals surface area contributed by atoms with Gasteiger partial charge in [-0.1, -0.05) is 18.2 Å². The molecule has 1 saturated carbocycles. The smallest absolute Gasteiger partial charge is 0.310 e. The van der Waals surface area contributed by atoms with Crippen LogP contribution in [-0.2, 0) is 22.6 Å². The monoisotopic (exact) mass is 524 g/mol. The van der Waals surface area contributed by atoms with Gasteiger partial charge >= 0.3 is 5.97 Å². The first kappa shape index (κ1) is 24.9. The molecule has 5 aromatic rings. The zero-order valence-corrected chi connectivity index (χ0v) is 21.7. The van der Waals surface area contributed by atoms with Gasteiger partial charge in [0.25, 0.3) is 0 Å². The van der Waals surface area contributed by atoms with Gasteiger partial charge in [-0.15, -0.1) is 0 Å². The van der Waals surface area contributed by atoms with E-state index in [0.717, 1.165) is 51.3 Å². The van der Waals surface area contributed by atoms with Crippen LogP contribution in [0.3, 0.4) is 0 Å². The van der Waals surface area contributed by atoms with Crippen molar-refractivity contribution in [1.29, 1.82) is 0 Å². The summed E-state index contributed by atoms with van der Waals surface area (Å²) < 4.78 is 27.3. The van der Waals surface area contributed by atoms with Crippen molar-refractivity contribution in [1.82, 2.24) is 14.8 Å². The summed E-state index contributed by atoms with van der Waals surface area (Å²) in [4.78, 5) is 16.3. The van der Waals surface area contributed by atoms with Crippen LogP contribution in [0.2, 0.25) is 0 Å². The summed E-state index contributed by atoms with van der Waals surface area (Å²) in [5, 5.41) is 7.90. The average molecular weight is 525 g/mol. The van der Waals surface area contributed by atoms with Gasteiger partial charge in [0, 0.05) is 22.5 Å². The quantitative estimate of drug-likeness (QED) is 0.237. The molecule has 198 valence electrons. The van der Waals surface area contributed by atoms with Crippen molar-refractivity contribution in [2.24, 2.45) is 0 Å². The van der Waals surface area contributed by atoms with Gasteiger partial charge in [0.15, 0.2) is 0 Å². The van der Waals surface area contributed by atoms with E-state index in [1.54, 1.807) is 19.2 Å². The van der Waals surface area contributed by atoms with Gasteiger partial charge in [0.1, 0.15) is 29.7 Å². The summed E-state index contributed by atoms with van der Waals surface area (Å²) in [6, 6.07) is 19.0. The molecule has 0 amide bonds. The second kappa shape index (κ2) is 10.4. The van der Waals surface area contributed by atoms with Crippen LogP contribution in [0.25, 0.3) is 32.8 Å². The Balaban J connectivity index is 1.36. The molecule has 0 unspecified atom stereocenters. The fourth-order valence-electron chi connectivity index (χ4n) is 5.11. The van der Waals surface area contributed by atoms with Gasteiger partial charge in [0.05, 0.1) is 24.6 Å². The molecule has 1 fully saturated rings. The third-order valence-electron chi connectivity index (χ3n) is 7.36. The van der Waals surface area contributed by atoms with E-state index in [4.69, 9.17) is 20.3 Å². The van der Waals surface area contributed by atoms with E-state index >= 15 is 0 Å². The highest BCUT2D eigenvalue weighted by Crippen LogP contribution is 2.37. The number of benzene rings is 3. The van der Waals surface area contributed by atoms with Crippen molar-refractivity contribution < 1.29 is 18.7 Å². The van der Waals surface area contributed by atoms with Gasteiger partial charge in [-0.2, -0.15) is 5.10 Å². The van der Waals surface area contributed by atoms with E-state index in [1.165, 1.54) is 18.6 Å². The Bertz CT molecular complexity index is 1690. The number of halogens is 1. The summed E-state index contributed by atoms with van der Waals surface area (Å²) >= 11 is 0. The first-order valence-electron chi connectivity index (χ1n) is 13.2. The number of nitrogens with zero attached hydrogens (tertiary/aromatic N) is 3. The fraction of sp³-hybridized carbons (Fsp3) is 0.258. The Morgan fingerprint density at radius 2 is 1.85 bits per heavy atom. The zero-order valence-electron chi connectivity index (χ0n) is 21.7. The molecule has 2 heterocycles. The van der Waals surface area contributed by atoms with E-state index in [1.807, 2.05) is 12.1 Å². The molecular formula is C31H29FN4O3. The summed E-state index contributed by atoms with van der Waals surface area (Å²) in [5.74, 6) is 0.0745. The van der Waals surface area contributed by atoms with Crippen LogP contribution in [0, 0.1) is 5.82 Å². The lowest BCUT2D eigenvalue weighted by Gasteiger charge is -2.26. The molecule has 7 nitrogen and oxygen atoms in total. The number of fused-ring (bicyclic) bond motifs is 2. The minimum absolute atomic E-state index is 0.0672. The molecule has 0 spiro atoms. The van der Waals surface area contributed by atoms with Gasteiger partial charge in [0.2, 0.25) is 0 Å². The van der Waals surface area contributed by atoms with Gasteiger partial charge in [-0.05, 0) is 85.2 Å². The molecule has 0 atom stereocenters. The molecular weight excluding hydrogens is 495 g/mol. The van der Waals surface area contributed by atoms with Crippen LogP contribution in [-0.4, -0.2) is 27.3 Å². The lowest BCUT2D eigenvalue weighted by molar-refractivity contribution is -0.142. The number of esters is 1. The molecule has 0 aliphatic heterocycles. The number of nitrogen functional groups attached to an aromatic ring is 1. The maximum Gasteiger partial charge on any atom is 0.310 e. The van der Waals surface area contributed by atoms with Crippen molar-refractivity contribution in [2.45, 2.75) is 45.3 Å². The summed E-state index contributed by atoms with van der Waals surface area (Å²) in [6.45, 7) is 2.18. The molecule has 8 heteroatoms. The molecule has 1 aliphatic rings. The highest BCUT2D eigenvalue weighted by Gasteiger charge is 2.24. The Morgan fingerprint density at radius 3 is 2.62 bits per heavy atom. The summed E-state index contributed by atoms with van der Waals surface area (Å²) in [6.07, 6.45) is 5.02. The van der Waals surface area contributed by atoms with Gasteiger partial charge < -0.3 is 15.2 Å². The van der Waals surface area contributed by atoms with E-state index in [0.29, 0.717) is 23.2 Å². The van der Waals surface area contributed by atoms with E-state index in [-0.39, 0.29) is 19.6 Å². The maximum atomic E-state index is 14.0. The number of ether oxygens (including phenoxy) is 2. The topological polar surface area (TPSA) is 92.3 Å². The number of carbonyl (C=O) groups excluding carboxylic acids is 1. The van der Waals surface area contributed by atoms with Crippen molar-refractivity contribution >= 4 is 33.5 Å². The minimum atomic E-state index is -0.433. The SMILES string of the molecule is CCOC(=O)Cc1cc(F)ccc1OCc1nn(C2CCC2)c2ccc(-c3ccc4ccnc(N)c4c3)cc12. The normalized spacial score (nSPS) is 13.5. The molecule has 1 aliphatic carbocycles. The number of aromatic nitrogens is 3. The molecule has 3 aromatic carbocycles. The Labute approximate surface area is 225 Å². The van der Waals surface area contributed by atoms with Crippen LogP contribution in [0.15, 0.2) is 66.9 Å². The second-order valence-corrected chi connectivity index (χ2v) is 9.86. The molecule has 2 N–H and O–H groups in total. The van der Waals surface area contributed by atoms with Crippen LogP contribution in [0.1, 0.15) is 43.5 Å². The number of pyridine rings is 1. The number of rotatable bonds is 8. The molecule has 2 aromatic heterocycles. The lowest BCUT2D eigenvalue weighted by Crippen LogP contribution is -2.18. The molecule has 6 rings (SSSR count). The predicted octanol–water partition coefficient (Wildman–Crippen LogP) is 6.38. The van der Waals surface area contributed by atoms with Crippen LogP contribution < -0.4 is 10.5 Å². The molecule has 39 heavy (non-hydrogen) atoms. The zero-order chi connectivity index (χ0) is 26.9. The first-order chi connectivity index (χ1) is 19.0. The Hall–Kier alpha value is -4.46. The Morgan fingerprint density at radius 1 is 1.05 bits per heavy atom. The third kappa shape index (κ3) is 4.90. The molecule has 0 radical (unpaired) electrons. The van der Waals surface area contributed by atoms with Crippen LogP contribution in [0.4, 0.5) is 10.2 Å². The van der Waals surface area contributed by atoms with E-state index in [2.05, 4.69) is 40.0 Å². The highest BCUT2D eigenvalue weighted by atomic mass is 19.1. The van der Waals surface area contributed by atoms with Gasteiger partial charge in [-0.3, -0.25) is 9.48 Å². The minimum Gasteiger partial charge on any atom is -0.487 e. The number of hydrogen-bond acceptors (Lipinski definition) is 6. The summed E-state index contributed by atoms with van der Waals surface area (Å²) in [5.41, 5.74) is 10.5. The van der Waals surface area contributed by atoms with Crippen LogP contribution >= 0.6 is 0 Å². The van der Waals surface area contributed by atoms with E-state index in [9.17, 15) is 9.18 Å². The average Bonchev–Trinajstić information content (AvgIpc) is 3.24. The second-order valence-electron chi connectivity index (χ2n) is 9.86. The summed E-state index contributed by atoms with van der Waals surface area (Å²) in [7, 11) is 0. The van der Waals surface area contributed by atoms with Crippen molar-refractivity contribution in [2.75, 3.05) is 12.3 Å². The number of carbonyl (C=O) groups is 1. The van der Waals surface area contributed by atoms with Crippen molar-refractivity contribution in [3.8, 4) is 16.9 Å². The number of hydrogen-bond donors (Lipinski definition) is 1. The van der Waals surface area contributed by atoms with E-state index < -0.39 is 11.8 Å². The van der Waals surface area contributed by atoms with Crippen molar-refractivity contribution in [3.63, 3.8) is 0 Å². The fourth-order valence-corrected chi connectivity index (χ4v) is 5.11. The molecule has 0 saturated heterocycles. The van der Waals surface area contributed by atoms with Crippen molar-refractivity contribution in [3.05, 3.63) is 83.9 Å². The van der Waals surface area contributed by atoms with Crippen LogP contribution in [0.5, 0.6) is 5.75 Å². The lowest BCUT2D eigenvalue weighted by atomic mass is 9.93. The Kier molecular flexibility index (Phi) is 6.60. The number of nitrogens with two attached hydrogens (primary N) is 1. The third-order valence-corrected chi connectivity index (χ3v) is 7.36. The highest BCUT2D eigenvalue weighted by molar-refractivity contribution is 5.95. The van der Waals surface area contributed by atoms with Gasteiger partial charge in [-0.25, -0.2) is 9.37 Å². The first-order valence-corrected chi connectivity index (χ1v) is 13.2. The standard InChI is InChI=1S/C31H29FN4O3/c1-2-38-30(37)17-22-14-23(32)9-11-29(22)39-18-27-26-16-21(8-10-28(26)36(35-27)24-4-3-5-24)20-7-6-19-12-13-34-31(33)25(19)15-20/h6-16,24H,2-5,17-18H2,1H3,(H2,33,34).